The number of unbranched alkanes of at least 4 members (excludes halogenated alkanes) is 2. The number of anilines is 1. The molecule has 0 unspecified atom stereocenters. The zero-order valence-corrected chi connectivity index (χ0v) is 15.0. The van der Waals surface area contributed by atoms with Crippen molar-refractivity contribution in [1.82, 2.24) is 10.2 Å². The number of nitrogens with one attached hydrogen (secondary N) is 1. The number of para-hydroxylation sites is 1. The molecule has 0 saturated carbocycles. The molecule has 0 fully saturated rings. The fraction of sp³-hybridized carbons (Fsp3) is 0.579. The van der Waals surface area contributed by atoms with Gasteiger partial charge >= 0.3 is 6.01 Å². The van der Waals surface area contributed by atoms with Crippen molar-refractivity contribution in [3.8, 4) is 5.75 Å². The summed E-state index contributed by atoms with van der Waals surface area (Å²) in [6, 6.07) is 8.68. The molecule has 0 aliphatic rings. The quantitative estimate of drug-likeness (QED) is 0.577. The predicted molar refractivity (Wildman–Crippen MR) is 96.4 cm³/mol. The maximum absolute atomic E-state index is 5.94. The first kappa shape index (κ1) is 18.3. The average molecular weight is 331 g/mol. The van der Waals surface area contributed by atoms with Crippen LogP contribution in [0.1, 0.15) is 70.2 Å². The van der Waals surface area contributed by atoms with E-state index in [0.717, 1.165) is 31.6 Å². The summed E-state index contributed by atoms with van der Waals surface area (Å²) < 4.78 is 11.5. The summed E-state index contributed by atoms with van der Waals surface area (Å²) in [5.41, 5.74) is 1.25. The van der Waals surface area contributed by atoms with Crippen LogP contribution in [0, 0.1) is 0 Å². The number of hydrogen-bond donors (Lipinski definition) is 1. The molecule has 0 radical (unpaired) electrons. The first-order chi connectivity index (χ1) is 11.8. The van der Waals surface area contributed by atoms with Crippen molar-refractivity contribution >= 4 is 6.01 Å². The summed E-state index contributed by atoms with van der Waals surface area (Å²) in [6.45, 7) is 7.75. The number of hydrogen-bond acceptors (Lipinski definition) is 5. The zero-order chi connectivity index (χ0) is 17.2. The van der Waals surface area contributed by atoms with Crippen molar-refractivity contribution < 1.29 is 9.15 Å². The lowest BCUT2D eigenvalue weighted by molar-refractivity contribution is 0.260. The number of nitrogens with zero attached hydrogens (tertiary/aromatic N) is 2. The molecule has 1 N–H and O–H groups in total. The van der Waals surface area contributed by atoms with Gasteiger partial charge in [-0.3, -0.25) is 0 Å². The van der Waals surface area contributed by atoms with Crippen molar-refractivity contribution in [3.05, 3.63) is 35.7 Å². The van der Waals surface area contributed by atoms with Crippen molar-refractivity contribution in [2.45, 2.75) is 65.4 Å². The Morgan fingerprint density at radius 3 is 2.62 bits per heavy atom. The molecule has 2 aromatic rings. The van der Waals surface area contributed by atoms with E-state index in [2.05, 4.69) is 48.4 Å². The second-order valence-electron chi connectivity index (χ2n) is 5.97. The lowest BCUT2D eigenvalue weighted by atomic mass is 9.93. The van der Waals surface area contributed by atoms with E-state index in [-0.39, 0.29) is 0 Å². The third-order valence-electron chi connectivity index (χ3n) is 4.22. The predicted octanol–water partition coefficient (Wildman–Crippen LogP) is 5.15. The first-order valence-electron chi connectivity index (χ1n) is 9.06. The van der Waals surface area contributed by atoms with Crippen LogP contribution in [0.5, 0.6) is 5.75 Å². The Morgan fingerprint density at radius 2 is 1.88 bits per heavy atom. The van der Waals surface area contributed by atoms with Gasteiger partial charge < -0.3 is 14.5 Å². The normalized spacial score (nSPS) is 11.0. The molecular formula is C19H29N3O2. The summed E-state index contributed by atoms with van der Waals surface area (Å²) >= 11 is 0. The van der Waals surface area contributed by atoms with E-state index in [1.54, 1.807) is 0 Å². The molecule has 5 heteroatoms. The highest BCUT2D eigenvalue weighted by Crippen LogP contribution is 2.31. The molecular weight excluding hydrogens is 302 g/mol. The largest absolute Gasteiger partial charge is 0.484 e. The monoisotopic (exact) mass is 331 g/mol. The lowest BCUT2D eigenvalue weighted by Gasteiger charge is -2.17. The van der Waals surface area contributed by atoms with E-state index in [9.17, 15) is 0 Å². The maximum Gasteiger partial charge on any atom is 0.315 e. The van der Waals surface area contributed by atoms with Gasteiger partial charge in [0.05, 0.1) is 0 Å². The van der Waals surface area contributed by atoms with Gasteiger partial charge in [0.2, 0.25) is 0 Å². The minimum absolute atomic E-state index is 0.292. The highest BCUT2D eigenvalue weighted by molar-refractivity contribution is 5.36. The first-order valence-corrected chi connectivity index (χ1v) is 9.06. The van der Waals surface area contributed by atoms with Crippen LogP contribution < -0.4 is 10.1 Å². The van der Waals surface area contributed by atoms with E-state index in [0.29, 0.717) is 24.4 Å². The molecule has 0 amide bonds. The average Bonchev–Trinajstić information content (AvgIpc) is 3.07. The minimum atomic E-state index is 0.292. The van der Waals surface area contributed by atoms with E-state index >= 15 is 0 Å². The van der Waals surface area contributed by atoms with Gasteiger partial charge in [-0.1, -0.05) is 56.9 Å². The highest BCUT2D eigenvalue weighted by Gasteiger charge is 2.13. The van der Waals surface area contributed by atoms with Gasteiger partial charge in [-0.25, -0.2) is 0 Å². The lowest BCUT2D eigenvalue weighted by Crippen LogP contribution is -2.02. The number of rotatable bonds is 11. The Balaban J connectivity index is 1.91. The molecule has 0 spiro atoms. The van der Waals surface area contributed by atoms with E-state index in [1.165, 1.54) is 18.4 Å². The topological polar surface area (TPSA) is 60.2 Å². The summed E-state index contributed by atoms with van der Waals surface area (Å²) in [5, 5.41) is 11.2. The Labute approximate surface area is 144 Å². The second-order valence-corrected chi connectivity index (χ2v) is 5.97. The van der Waals surface area contributed by atoms with E-state index in [1.807, 2.05) is 12.1 Å². The van der Waals surface area contributed by atoms with Crippen LogP contribution in [-0.4, -0.2) is 16.7 Å². The van der Waals surface area contributed by atoms with Crippen LogP contribution in [-0.2, 0) is 6.61 Å². The Kier molecular flexibility index (Phi) is 7.59. The number of aromatic nitrogens is 2. The Bertz CT molecular complexity index is 594. The highest BCUT2D eigenvalue weighted by atomic mass is 16.5. The van der Waals surface area contributed by atoms with Gasteiger partial charge in [0.1, 0.15) is 5.75 Å². The summed E-state index contributed by atoms with van der Waals surface area (Å²) in [4.78, 5) is 0. The minimum Gasteiger partial charge on any atom is -0.484 e. The number of benzene rings is 1. The van der Waals surface area contributed by atoms with Crippen LogP contribution in [0.15, 0.2) is 28.7 Å². The van der Waals surface area contributed by atoms with Gasteiger partial charge in [-0.2, -0.15) is 0 Å². The summed E-state index contributed by atoms with van der Waals surface area (Å²) in [7, 11) is 0. The SMILES string of the molecule is CCCCCNc1nnc(COc2ccccc2C(CC)CC)o1. The summed E-state index contributed by atoms with van der Waals surface area (Å²) in [5.74, 6) is 1.91. The molecule has 1 heterocycles. The van der Waals surface area contributed by atoms with Gasteiger partial charge in [-0.05, 0) is 36.8 Å². The molecule has 1 aromatic carbocycles. The molecule has 2 rings (SSSR count). The van der Waals surface area contributed by atoms with Gasteiger partial charge in [-0.15, -0.1) is 5.10 Å². The smallest absolute Gasteiger partial charge is 0.315 e. The van der Waals surface area contributed by atoms with Gasteiger partial charge in [0, 0.05) is 6.54 Å². The van der Waals surface area contributed by atoms with Crippen LogP contribution in [0.25, 0.3) is 0 Å². The van der Waals surface area contributed by atoms with Crippen LogP contribution in [0.3, 0.4) is 0 Å². The molecule has 0 aliphatic heterocycles. The van der Waals surface area contributed by atoms with Crippen LogP contribution in [0.4, 0.5) is 6.01 Å². The standard InChI is InChI=1S/C19H29N3O2/c1-4-7-10-13-20-19-22-21-18(24-19)14-23-17-12-9-8-11-16(17)15(5-2)6-3/h8-9,11-12,15H,4-7,10,13-14H2,1-3H3,(H,20,22). The number of ether oxygens (including phenoxy) is 1. The molecule has 0 saturated heterocycles. The molecule has 1 aromatic heterocycles. The molecule has 5 nitrogen and oxygen atoms in total. The van der Waals surface area contributed by atoms with Gasteiger partial charge in [0.15, 0.2) is 6.61 Å². The van der Waals surface area contributed by atoms with E-state index < -0.39 is 0 Å². The molecule has 0 bridgehead atoms. The second kappa shape index (κ2) is 9.96. The van der Waals surface area contributed by atoms with Crippen LogP contribution >= 0.6 is 0 Å². The van der Waals surface area contributed by atoms with Crippen LogP contribution in [0.2, 0.25) is 0 Å². The third kappa shape index (κ3) is 5.25. The van der Waals surface area contributed by atoms with Gasteiger partial charge in [0.25, 0.3) is 5.89 Å². The maximum atomic E-state index is 5.94. The fourth-order valence-electron chi connectivity index (χ4n) is 2.77. The Hall–Kier alpha value is -2.04. The van der Waals surface area contributed by atoms with Crippen molar-refractivity contribution in [2.75, 3.05) is 11.9 Å². The van der Waals surface area contributed by atoms with E-state index in [4.69, 9.17) is 9.15 Å². The molecule has 24 heavy (non-hydrogen) atoms. The van der Waals surface area contributed by atoms with Crippen molar-refractivity contribution in [3.63, 3.8) is 0 Å². The third-order valence-corrected chi connectivity index (χ3v) is 4.22. The molecule has 0 aliphatic carbocycles. The fourth-order valence-corrected chi connectivity index (χ4v) is 2.77. The van der Waals surface area contributed by atoms with Crippen molar-refractivity contribution in [1.29, 1.82) is 0 Å². The molecule has 0 atom stereocenters. The van der Waals surface area contributed by atoms with Crippen molar-refractivity contribution in [2.24, 2.45) is 0 Å². The zero-order valence-electron chi connectivity index (χ0n) is 15.0. The summed E-state index contributed by atoms with van der Waals surface area (Å²) in [6.07, 6.45) is 5.70. The molecule has 132 valence electrons. The Morgan fingerprint density at radius 1 is 1.08 bits per heavy atom.